The van der Waals surface area contributed by atoms with E-state index < -0.39 is 12.1 Å². The molecule has 0 aliphatic carbocycles. The molecule has 2 atom stereocenters. The summed E-state index contributed by atoms with van der Waals surface area (Å²) in [4.78, 5) is 10.3. The number of hydrogen-bond donors (Lipinski definition) is 2. The summed E-state index contributed by atoms with van der Waals surface area (Å²) in [5.41, 5.74) is 5.48. The Kier molecular flexibility index (Phi) is 2.24. The van der Waals surface area contributed by atoms with Gasteiger partial charge < -0.3 is 15.6 Å². The lowest BCUT2D eigenvalue weighted by Crippen LogP contribution is -2.38. The van der Waals surface area contributed by atoms with E-state index in [1.807, 2.05) is 0 Å². The quantitative estimate of drug-likeness (QED) is 0.525. The first-order valence-electron chi connectivity index (χ1n) is 3.30. The number of nitrogens with two attached hydrogens (primary N) is 1. The van der Waals surface area contributed by atoms with Gasteiger partial charge in [0.15, 0.2) is 6.10 Å². The van der Waals surface area contributed by atoms with Gasteiger partial charge in [-0.25, -0.2) is 4.79 Å². The van der Waals surface area contributed by atoms with Crippen molar-refractivity contribution in [1.29, 1.82) is 0 Å². The topological polar surface area (TPSA) is 72.6 Å². The predicted octanol–water partition coefficient (Wildman–Crippen LogP) is -0.423. The van der Waals surface area contributed by atoms with Crippen LogP contribution in [0.25, 0.3) is 0 Å². The van der Waals surface area contributed by atoms with Crippen LogP contribution in [0.1, 0.15) is 12.8 Å². The Bertz CT molecular complexity index is 129. The second-order valence-corrected chi connectivity index (χ2v) is 2.50. The Hall–Kier alpha value is -0.610. The van der Waals surface area contributed by atoms with Crippen LogP contribution in [0.3, 0.4) is 0 Å². The Labute approximate surface area is 59.0 Å². The van der Waals surface area contributed by atoms with Gasteiger partial charge in [-0.05, 0) is 12.8 Å². The largest absolute Gasteiger partial charge is 0.479 e. The zero-order valence-corrected chi connectivity index (χ0v) is 5.62. The lowest BCUT2D eigenvalue weighted by atomic mass is 10.1. The van der Waals surface area contributed by atoms with Gasteiger partial charge in [-0.3, -0.25) is 0 Å². The number of carboxylic acids is 1. The van der Waals surface area contributed by atoms with Crippen LogP contribution >= 0.6 is 0 Å². The van der Waals surface area contributed by atoms with Crippen LogP contribution in [0.5, 0.6) is 0 Å². The molecule has 4 heteroatoms. The molecule has 1 heterocycles. The van der Waals surface area contributed by atoms with Crippen molar-refractivity contribution in [3.63, 3.8) is 0 Å². The van der Waals surface area contributed by atoms with Gasteiger partial charge in [-0.15, -0.1) is 0 Å². The maximum Gasteiger partial charge on any atom is 0.332 e. The molecule has 58 valence electrons. The van der Waals surface area contributed by atoms with E-state index >= 15 is 0 Å². The molecule has 1 rings (SSSR count). The zero-order chi connectivity index (χ0) is 7.56. The Morgan fingerprint density at radius 2 is 2.30 bits per heavy atom. The number of hydrogen-bond acceptors (Lipinski definition) is 3. The molecule has 0 radical (unpaired) electrons. The van der Waals surface area contributed by atoms with Crippen LogP contribution in [0.4, 0.5) is 0 Å². The van der Waals surface area contributed by atoms with Crippen molar-refractivity contribution in [2.24, 2.45) is 5.73 Å². The molecule has 0 aromatic heterocycles. The molecule has 1 aliphatic heterocycles. The van der Waals surface area contributed by atoms with Gasteiger partial charge in [0.1, 0.15) is 0 Å². The highest BCUT2D eigenvalue weighted by Crippen LogP contribution is 2.11. The summed E-state index contributed by atoms with van der Waals surface area (Å²) < 4.78 is 4.93. The maximum atomic E-state index is 10.3. The van der Waals surface area contributed by atoms with Gasteiger partial charge in [0.25, 0.3) is 0 Å². The van der Waals surface area contributed by atoms with E-state index in [1.54, 1.807) is 0 Å². The average molecular weight is 145 g/mol. The number of carbonyl (C=O) groups is 1. The normalized spacial score (nSPS) is 33.7. The summed E-state index contributed by atoms with van der Waals surface area (Å²) in [6.45, 7) is 0.372. The van der Waals surface area contributed by atoms with Gasteiger partial charge in [0.2, 0.25) is 0 Å². The van der Waals surface area contributed by atoms with E-state index in [0.29, 0.717) is 13.0 Å². The van der Waals surface area contributed by atoms with Crippen LogP contribution in [0.15, 0.2) is 0 Å². The zero-order valence-electron chi connectivity index (χ0n) is 5.62. The van der Waals surface area contributed by atoms with Crippen molar-refractivity contribution < 1.29 is 14.6 Å². The SMILES string of the molecule is NC1CC[C@@H](C(=O)O)OC1. The number of aliphatic carboxylic acids is 1. The van der Waals surface area contributed by atoms with Crippen LogP contribution in [-0.2, 0) is 9.53 Å². The van der Waals surface area contributed by atoms with E-state index in [0.717, 1.165) is 6.42 Å². The van der Waals surface area contributed by atoms with Crippen LogP contribution in [0, 0.1) is 0 Å². The van der Waals surface area contributed by atoms with Crippen molar-refractivity contribution in [2.45, 2.75) is 25.0 Å². The molecule has 4 nitrogen and oxygen atoms in total. The molecule has 0 aromatic rings. The summed E-state index contributed by atoms with van der Waals surface area (Å²) in [6, 6.07) is 0.0237. The van der Waals surface area contributed by atoms with E-state index in [9.17, 15) is 4.79 Å². The first-order chi connectivity index (χ1) is 4.70. The third-order valence-corrected chi connectivity index (χ3v) is 1.59. The molecule has 0 saturated carbocycles. The van der Waals surface area contributed by atoms with Crippen LogP contribution < -0.4 is 5.73 Å². The first kappa shape index (κ1) is 7.50. The molecular formula is C6H11NO3. The molecule has 0 spiro atoms. The average Bonchev–Trinajstić information content (AvgIpc) is 1.88. The van der Waals surface area contributed by atoms with Crippen molar-refractivity contribution in [1.82, 2.24) is 0 Å². The molecule has 1 fully saturated rings. The van der Waals surface area contributed by atoms with Gasteiger partial charge in [0.05, 0.1) is 6.61 Å². The minimum atomic E-state index is -0.882. The minimum Gasteiger partial charge on any atom is -0.479 e. The summed E-state index contributed by atoms with van der Waals surface area (Å²) in [6.07, 6.45) is 0.660. The van der Waals surface area contributed by atoms with Crippen molar-refractivity contribution in [3.8, 4) is 0 Å². The molecule has 0 bridgehead atoms. The summed E-state index contributed by atoms with van der Waals surface area (Å²) in [5.74, 6) is -0.882. The second kappa shape index (κ2) is 2.98. The number of ether oxygens (including phenoxy) is 1. The van der Waals surface area contributed by atoms with E-state index in [2.05, 4.69) is 0 Å². The molecule has 3 N–H and O–H groups in total. The maximum absolute atomic E-state index is 10.3. The Morgan fingerprint density at radius 1 is 1.60 bits per heavy atom. The first-order valence-corrected chi connectivity index (χ1v) is 3.30. The van der Waals surface area contributed by atoms with Gasteiger partial charge >= 0.3 is 5.97 Å². The summed E-state index contributed by atoms with van der Waals surface area (Å²) in [5, 5.41) is 8.46. The van der Waals surface area contributed by atoms with Crippen LogP contribution in [0.2, 0.25) is 0 Å². The molecule has 1 unspecified atom stereocenters. The number of carboxylic acid groups (broad SMARTS) is 1. The lowest BCUT2D eigenvalue weighted by molar-refractivity contribution is -0.153. The van der Waals surface area contributed by atoms with Gasteiger partial charge in [0, 0.05) is 6.04 Å². The molecule has 0 amide bonds. The van der Waals surface area contributed by atoms with Crippen molar-refractivity contribution >= 4 is 5.97 Å². The Balaban J connectivity index is 2.33. The standard InChI is InChI=1S/C6H11NO3/c7-4-1-2-5(6(8)9)10-3-4/h4-5H,1-3,7H2,(H,8,9)/t4?,5-/m0/s1. The summed E-state index contributed by atoms with van der Waals surface area (Å²) in [7, 11) is 0. The monoisotopic (exact) mass is 145 g/mol. The highest BCUT2D eigenvalue weighted by Gasteiger charge is 2.24. The molecular weight excluding hydrogens is 134 g/mol. The molecule has 0 aromatic carbocycles. The van der Waals surface area contributed by atoms with Crippen LogP contribution in [-0.4, -0.2) is 29.8 Å². The van der Waals surface area contributed by atoms with Gasteiger partial charge in [-0.1, -0.05) is 0 Å². The smallest absolute Gasteiger partial charge is 0.332 e. The highest BCUT2D eigenvalue weighted by molar-refractivity contribution is 5.72. The van der Waals surface area contributed by atoms with E-state index in [-0.39, 0.29) is 6.04 Å². The van der Waals surface area contributed by atoms with E-state index in [4.69, 9.17) is 15.6 Å². The molecule has 10 heavy (non-hydrogen) atoms. The third-order valence-electron chi connectivity index (χ3n) is 1.59. The molecule has 1 aliphatic rings. The van der Waals surface area contributed by atoms with Crippen molar-refractivity contribution in [3.05, 3.63) is 0 Å². The fourth-order valence-electron chi connectivity index (χ4n) is 0.967. The fourth-order valence-corrected chi connectivity index (χ4v) is 0.967. The third kappa shape index (κ3) is 1.68. The Morgan fingerprint density at radius 3 is 2.70 bits per heavy atom. The molecule has 1 saturated heterocycles. The van der Waals surface area contributed by atoms with Gasteiger partial charge in [-0.2, -0.15) is 0 Å². The minimum absolute atomic E-state index is 0.0237. The fraction of sp³-hybridized carbons (Fsp3) is 0.833. The number of rotatable bonds is 1. The lowest BCUT2D eigenvalue weighted by Gasteiger charge is -2.23. The summed E-state index contributed by atoms with van der Waals surface area (Å²) >= 11 is 0. The highest BCUT2D eigenvalue weighted by atomic mass is 16.5. The van der Waals surface area contributed by atoms with E-state index in [1.165, 1.54) is 0 Å². The second-order valence-electron chi connectivity index (χ2n) is 2.50. The predicted molar refractivity (Wildman–Crippen MR) is 34.6 cm³/mol. The van der Waals surface area contributed by atoms with Crippen molar-refractivity contribution in [2.75, 3.05) is 6.61 Å².